The average molecular weight is 347 g/mol. The van der Waals surface area contributed by atoms with E-state index in [4.69, 9.17) is 0 Å². The van der Waals surface area contributed by atoms with Crippen LogP contribution < -0.4 is 10.6 Å². The summed E-state index contributed by atoms with van der Waals surface area (Å²) in [6.07, 6.45) is 0.227. The number of para-hydroxylation sites is 1. The summed E-state index contributed by atoms with van der Waals surface area (Å²) in [5, 5.41) is 5.49. The Hall–Kier alpha value is -2.14. The lowest BCUT2D eigenvalue weighted by molar-refractivity contribution is -0.116. The van der Waals surface area contributed by atoms with Gasteiger partial charge in [0.2, 0.25) is 5.91 Å². The van der Waals surface area contributed by atoms with Gasteiger partial charge in [0.15, 0.2) is 0 Å². The fourth-order valence-electron chi connectivity index (χ4n) is 1.78. The SMILES string of the molecule is O=C(CCNC(=O)c1ccccc1Br)Nc1ccccc1. The number of hydrogen-bond donors (Lipinski definition) is 2. The van der Waals surface area contributed by atoms with Gasteiger partial charge in [0.05, 0.1) is 5.56 Å². The zero-order valence-electron chi connectivity index (χ0n) is 11.3. The molecule has 2 rings (SSSR count). The van der Waals surface area contributed by atoms with Crippen molar-refractivity contribution in [3.8, 4) is 0 Å². The third-order valence-electron chi connectivity index (χ3n) is 2.81. The molecule has 2 amide bonds. The summed E-state index contributed by atoms with van der Waals surface area (Å²) in [7, 11) is 0. The summed E-state index contributed by atoms with van der Waals surface area (Å²) in [4.78, 5) is 23.7. The van der Waals surface area contributed by atoms with Gasteiger partial charge >= 0.3 is 0 Å². The van der Waals surface area contributed by atoms with E-state index in [9.17, 15) is 9.59 Å². The Morgan fingerprint density at radius 1 is 0.952 bits per heavy atom. The highest BCUT2D eigenvalue weighted by Crippen LogP contribution is 2.15. The van der Waals surface area contributed by atoms with Crippen LogP contribution in [0, 0.1) is 0 Å². The zero-order valence-corrected chi connectivity index (χ0v) is 12.9. The molecule has 0 aromatic heterocycles. The number of hydrogen-bond acceptors (Lipinski definition) is 2. The van der Waals surface area contributed by atoms with Crippen molar-refractivity contribution in [3.05, 3.63) is 64.6 Å². The molecule has 2 N–H and O–H groups in total. The van der Waals surface area contributed by atoms with Crippen LogP contribution in [0.25, 0.3) is 0 Å². The fraction of sp³-hybridized carbons (Fsp3) is 0.125. The molecule has 4 nitrogen and oxygen atoms in total. The molecule has 0 spiro atoms. The van der Waals surface area contributed by atoms with Crippen molar-refractivity contribution in [1.82, 2.24) is 5.32 Å². The molecule has 0 aliphatic carbocycles. The molecule has 2 aromatic carbocycles. The summed E-state index contributed by atoms with van der Waals surface area (Å²) < 4.78 is 0.733. The van der Waals surface area contributed by atoms with Crippen molar-refractivity contribution in [1.29, 1.82) is 0 Å². The summed E-state index contributed by atoms with van der Waals surface area (Å²) in [6, 6.07) is 16.4. The van der Waals surface area contributed by atoms with Crippen LogP contribution in [-0.2, 0) is 4.79 Å². The number of carbonyl (C=O) groups is 2. The minimum absolute atomic E-state index is 0.131. The van der Waals surface area contributed by atoms with E-state index >= 15 is 0 Å². The van der Waals surface area contributed by atoms with Crippen LogP contribution in [0.15, 0.2) is 59.1 Å². The predicted molar refractivity (Wildman–Crippen MR) is 86.2 cm³/mol. The molecule has 5 heteroatoms. The lowest BCUT2D eigenvalue weighted by atomic mass is 10.2. The molecule has 0 aliphatic heterocycles. The lowest BCUT2D eigenvalue weighted by Gasteiger charge is -2.07. The van der Waals surface area contributed by atoms with Gasteiger partial charge in [0.1, 0.15) is 0 Å². The molecule has 0 unspecified atom stereocenters. The lowest BCUT2D eigenvalue weighted by Crippen LogP contribution is -2.27. The molecule has 0 radical (unpaired) electrons. The van der Waals surface area contributed by atoms with E-state index in [2.05, 4.69) is 26.6 Å². The highest BCUT2D eigenvalue weighted by molar-refractivity contribution is 9.10. The van der Waals surface area contributed by atoms with Crippen molar-refractivity contribution < 1.29 is 9.59 Å². The fourth-order valence-corrected chi connectivity index (χ4v) is 2.24. The Morgan fingerprint density at radius 2 is 1.62 bits per heavy atom. The molecule has 0 atom stereocenters. The van der Waals surface area contributed by atoms with Crippen LogP contribution >= 0.6 is 15.9 Å². The number of benzene rings is 2. The van der Waals surface area contributed by atoms with Crippen molar-refractivity contribution in [2.45, 2.75) is 6.42 Å². The summed E-state index contributed by atoms with van der Waals surface area (Å²) in [5.74, 6) is -0.330. The Balaban J connectivity index is 1.78. The highest BCUT2D eigenvalue weighted by Gasteiger charge is 2.09. The number of anilines is 1. The molecule has 0 bridgehead atoms. The third-order valence-corrected chi connectivity index (χ3v) is 3.51. The maximum absolute atomic E-state index is 11.9. The first kappa shape index (κ1) is 15.3. The van der Waals surface area contributed by atoms with E-state index in [1.807, 2.05) is 36.4 Å². The second kappa shape index (κ2) is 7.59. The number of rotatable bonds is 5. The van der Waals surface area contributed by atoms with Crippen molar-refractivity contribution >= 4 is 33.4 Å². The molecule has 2 aromatic rings. The molecular weight excluding hydrogens is 332 g/mol. The monoisotopic (exact) mass is 346 g/mol. The molecule has 0 saturated heterocycles. The van der Waals surface area contributed by atoms with Gasteiger partial charge < -0.3 is 10.6 Å². The van der Waals surface area contributed by atoms with E-state index in [1.54, 1.807) is 18.2 Å². The van der Waals surface area contributed by atoms with E-state index in [-0.39, 0.29) is 18.2 Å². The standard InChI is InChI=1S/C16H15BrN2O2/c17-14-9-5-4-8-13(14)16(21)18-11-10-15(20)19-12-6-2-1-3-7-12/h1-9H,10-11H2,(H,18,21)(H,19,20). The molecule has 21 heavy (non-hydrogen) atoms. The molecule has 0 fully saturated rings. The largest absolute Gasteiger partial charge is 0.351 e. The quantitative estimate of drug-likeness (QED) is 0.873. The van der Waals surface area contributed by atoms with E-state index < -0.39 is 0 Å². The number of halogens is 1. The smallest absolute Gasteiger partial charge is 0.252 e. The van der Waals surface area contributed by atoms with Gasteiger partial charge in [-0.15, -0.1) is 0 Å². The minimum atomic E-state index is -0.199. The predicted octanol–water partition coefficient (Wildman–Crippen LogP) is 3.21. The third kappa shape index (κ3) is 4.72. The van der Waals surface area contributed by atoms with Crippen LogP contribution in [0.3, 0.4) is 0 Å². The summed E-state index contributed by atoms with van der Waals surface area (Å²) >= 11 is 3.32. The highest BCUT2D eigenvalue weighted by atomic mass is 79.9. The molecule has 0 heterocycles. The summed E-state index contributed by atoms with van der Waals surface area (Å²) in [5.41, 5.74) is 1.31. The van der Waals surface area contributed by atoms with Crippen molar-refractivity contribution in [2.24, 2.45) is 0 Å². The Bertz CT molecular complexity index is 629. The molecular formula is C16H15BrN2O2. The van der Waals surface area contributed by atoms with Gasteiger partial charge in [-0.1, -0.05) is 30.3 Å². The number of carbonyl (C=O) groups excluding carboxylic acids is 2. The molecule has 0 saturated carbocycles. The number of amides is 2. The Morgan fingerprint density at radius 3 is 2.33 bits per heavy atom. The minimum Gasteiger partial charge on any atom is -0.351 e. The van der Waals surface area contributed by atoms with Gasteiger partial charge in [0, 0.05) is 23.1 Å². The average Bonchev–Trinajstić information content (AvgIpc) is 2.48. The van der Waals surface area contributed by atoms with Crippen LogP contribution in [0.1, 0.15) is 16.8 Å². The summed E-state index contributed by atoms with van der Waals surface area (Å²) in [6.45, 7) is 0.291. The van der Waals surface area contributed by atoms with Gasteiger partial charge in [0.25, 0.3) is 5.91 Å². The molecule has 0 aliphatic rings. The van der Waals surface area contributed by atoms with Gasteiger partial charge in [-0.2, -0.15) is 0 Å². The number of nitrogens with one attached hydrogen (secondary N) is 2. The first-order valence-electron chi connectivity index (χ1n) is 6.54. The normalized spacial score (nSPS) is 9.95. The zero-order chi connectivity index (χ0) is 15.1. The van der Waals surface area contributed by atoms with E-state index in [0.29, 0.717) is 12.1 Å². The van der Waals surface area contributed by atoms with Crippen LogP contribution in [0.5, 0.6) is 0 Å². The van der Waals surface area contributed by atoms with E-state index in [1.165, 1.54) is 0 Å². The maximum Gasteiger partial charge on any atom is 0.252 e. The second-order valence-corrected chi connectivity index (χ2v) is 5.25. The van der Waals surface area contributed by atoms with Crippen molar-refractivity contribution in [2.75, 3.05) is 11.9 Å². The first-order valence-corrected chi connectivity index (χ1v) is 7.34. The van der Waals surface area contributed by atoms with Crippen molar-refractivity contribution in [3.63, 3.8) is 0 Å². The van der Waals surface area contributed by atoms with Gasteiger partial charge in [-0.3, -0.25) is 9.59 Å². The first-order chi connectivity index (χ1) is 10.2. The van der Waals surface area contributed by atoms with Gasteiger partial charge in [-0.05, 0) is 40.2 Å². The van der Waals surface area contributed by atoms with Gasteiger partial charge in [-0.25, -0.2) is 0 Å². The molecule has 108 valence electrons. The van der Waals surface area contributed by atoms with E-state index in [0.717, 1.165) is 10.2 Å². The van der Waals surface area contributed by atoms with Crippen LogP contribution in [0.2, 0.25) is 0 Å². The topological polar surface area (TPSA) is 58.2 Å². The maximum atomic E-state index is 11.9. The second-order valence-electron chi connectivity index (χ2n) is 4.40. The van der Waals surface area contributed by atoms with Crippen LogP contribution in [-0.4, -0.2) is 18.4 Å². The van der Waals surface area contributed by atoms with Crippen LogP contribution in [0.4, 0.5) is 5.69 Å². The Kier molecular flexibility index (Phi) is 5.51. The Labute approximate surface area is 131 Å².